The maximum Gasteiger partial charge on any atom is 0.0543 e. The van der Waals surface area contributed by atoms with Crippen LogP contribution in [-0.2, 0) is 11.3 Å². The van der Waals surface area contributed by atoms with Gasteiger partial charge >= 0.3 is 0 Å². The normalized spacial score (nSPS) is 13.0. The number of nitrogens with zero attached hydrogens (tertiary/aromatic N) is 2. The summed E-state index contributed by atoms with van der Waals surface area (Å²) >= 11 is 0. The van der Waals surface area contributed by atoms with Crippen molar-refractivity contribution in [3.63, 3.8) is 0 Å². The van der Waals surface area contributed by atoms with Crippen molar-refractivity contribution in [2.45, 2.75) is 19.0 Å². The monoisotopic (exact) mass is 223 g/mol. The van der Waals surface area contributed by atoms with Gasteiger partial charge in [0.05, 0.1) is 5.69 Å². The highest BCUT2D eigenvalue weighted by Gasteiger charge is 2.07. The molecule has 2 N–H and O–H groups in total. The Morgan fingerprint density at radius 3 is 2.94 bits per heavy atom. The standard InChI is InChI=1S/C12H21N3O/c1-15(9-11(13)6-8-16-2)10-12-5-3-4-7-14-12/h3-5,7,11H,6,8-10,13H2,1-2H3. The molecule has 1 unspecified atom stereocenters. The SMILES string of the molecule is COCCC(N)CN(C)Cc1ccccn1. The van der Waals surface area contributed by atoms with Gasteiger partial charge in [0, 0.05) is 39.0 Å². The summed E-state index contributed by atoms with van der Waals surface area (Å²) in [7, 11) is 3.76. The Balaban J connectivity index is 2.27. The first kappa shape index (κ1) is 13.1. The zero-order chi connectivity index (χ0) is 11.8. The quantitative estimate of drug-likeness (QED) is 0.745. The van der Waals surface area contributed by atoms with Crippen molar-refractivity contribution in [3.8, 4) is 0 Å². The Hall–Kier alpha value is -0.970. The Labute approximate surface area is 97.4 Å². The van der Waals surface area contributed by atoms with Gasteiger partial charge in [0.2, 0.25) is 0 Å². The summed E-state index contributed by atoms with van der Waals surface area (Å²) in [5.74, 6) is 0. The highest BCUT2D eigenvalue weighted by atomic mass is 16.5. The molecule has 0 aliphatic heterocycles. The molecular weight excluding hydrogens is 202 g/mol. The van der Waals surface area contributed by atoms with Crippen molar-refractivity contribution >= 4 is 0 Å². The van der Waals surface area contributed by atoms with Crippen LogP contribution in [0.1, 0.15) is 12.1 Å². The Morgan fingerprint density at radius 2 is 2.31 bits per heavy atom. The van der Waals surface area contributed by atoms with Gasteiger partial charge in [0.15, 0.2) is 0 Å². The molecule has 0 amide bonds. The van der Waals surface area contributed by atoms with Gasteiger partial charge < -0.3 is 10.5 Å². The largest absolute Gasteiger partial charge is 0.385 e. The number of hydrogen-bond donors (Lipinski definition) is 1. The van der Waals surface area contributed by atoms with Crippen LogP contribution < -0.4 is 5.73 Å². The predicted molar refractivity (Wildman–Crippen MR) is 65.0 cm³/mol. The predicted octanol–water partition coefficient (Wildman–Crippen LogP) is 0.877. The summed E-state index contributed by atoms with van der Waals surface area (Å²) in [5.41, 5.74) is 7.05. The lowest BCUT2D eigenvalue weighted by Crippen LogP contribution is -2.35. The first-order valence-electron chi connectivity index (χ1n) is 5.55. The van der Waals surface area contributed by atoms with Gasteiger partial charge in [-0.1, -0.05) is 6.07 Å². The zero-order valence-electron chi connectivity index (χ0n) is 10.1. The highest BCUT2D eigenvalue weighted by molar-refractivity contribution is 5.03. The minimum absolute atomic E-state index is 0.161. The first-order valence-corrected chi connectivity index (χ1v) is 5.55. The third-order valence-electron chi connectivity index (χ3n) is 2.40. The van der Waals surface area contributed by atoms with Crippen LogP contribution in [-0.4, -0.2) is 43.2 Å². The molecule has 1 heterocycles. The second-order valence-corrected chi connectivity index (χ2v) is 4.06. The van der Waals surface area contributed by atoms with Crippen molar-refractivity contribution in [2.24, 2.45) is 5.73 Å². The van der Waals surface area contributed by atoms with E-state index in [4.69, 9.17) is 10.5 Å². The average Bonchev–Trinajstić information content (AvgIpc) is 2.27. The molecule has 1 aromatic heterocycles. The Kier molecular flexibility index (Phi) is 6.00. The molecule has 4 heteroatoms. The van der Waals surface area contributed by atoms with Crippen LogP contribution in [0.3, 0.4) is 0 Å². The molecule has 4 nitrogen and oxygen atoms in total. The Morgan fingerprint density at radius 1 is 1.50 bits per heavy atom. The fraction of sp³-hybridized carbons (Fsp3) is 0.583. The second-order valence-electron chi connectivity index (χ2n) is 4.06. The first-order chi connectivity index (χ1) is 7.72. The number of aromatic nitrogens is 1. The smallest absolute Gasteiger partial charge is 0.0543 e. The van der Waals surface area contributed by atoms with E-state index < -0.39 is 0 Å². The van der Waals surface area contributed by atoms with Gasteiger partial charge in [-0.2, -0.15) is 0 Å². The minimum atomic E-state index is 0.161. The fourth-order valence-corrected chi connectivity index (χ4v) is 1.59. The van der Waals surface area contributed by atoms with Gasteiger partial charge in [0.25, 0.3) is 0 Å². The van der Waals surface area contributed by atoms with E-state index in [1.807, 2.05) is 24.4 Å². The van der Waals surface area contributed by atoms with E-state index in [9.17, 15) is 0 Å². The molecule has 0 aromatic carbocycles. The molecule has 0 aliphatic rings. The number of rotatable bonds is 7. The van der Waals surface area contributed by atoms with Crippen LogP contribution in [0.5, 0.6) is 0 Å². The van der Waals surface area contributed by atoms with Gasteiger partial charge in [-0.3, -0.25) is 9.88 Å². The molecule has 0 saturated carbocycles. The second kappa shape index (κ2) is 7.33. The number of ether oxygens (including phenoxy) is 1. The molecule has 0 saturated heterocycles. The van der Waals surface area contributed by atoms with E-state index in [0.717, 1.165) is 31.8 Å². The number of nitrogens with two attached hydrogens (primary N) is 1. The van der Waals surface area contributed by atoms with E-state index in [-0.39, 0.29) is 6.04 Å². The zero-order valence-corrected chi connectivity index (χ0v) is 10.1. The van der Waals surface area contributed by atoms with Crippen molar-refractivity contribution < 1.29 is 4.74 Å². The van der Waals surface area contributed by atoms with Crippen LogP contribution >= 0.6 is 0 Å². The lowest BCUT2D eigenvalue weighted by atomic mass is 10.2. The molecule has 0 bridgehead atoms. The van der Waals surface area contributed by atoms with Crippen LogP contribution in [0.4, 0.5) is 0 Å². The topological polar surface area (TPSA) is 51.4 Å². The molecule has 1 atom stereocenters. The third kappa shape index (κ3) is 5.21. The molecule has 0 aliphatic carbocycles. The summed E-state index contributed by atoms with van der Waals surface area (Å²) < 4.78 is 5.00. The number of likely N-dealkylation sites (N-methyl/N-ethyl adjacent to an activating group) is 1. The van der Waals surface area contributed by atoms with Crippen LogP contribution in [0.2, 0.25) is 0 Å². The average molecular weight is 223 g/mol. The molecule has 0 radical (unpaired) electrons. The summed E-state index contributed by atoms with van der Waals surface area (Å²) in [6.45, 7) is 2.42. The van der Waals surface area contributed by atoms with Crippen molar-refractivity contribution in [1.82, 2.24) is 9.88 Å². The van der Waals surface area contributed by atoms with Gasteiger partial charge in [-0.25, -0.2) is 0 Å². The maximum atomic E-state index is 5.97. The van der Waals surface area contributed by atoms with E-state index in [1.54, 1.807) is 7.11 Å². The summed E-state index contributed by atoms with van der Waals surface area (Å²) in [5, 5.41) is 0. The number of pyridine rings is 1. The summed E-state index contributed by atoms with van der Waals surface area (Å²) in [4.78, 5) is 6.46. The number of methoxy groups -OCH3 is 1. The van der Waals surface area contributed by atoms with E-state index in [2.05, 4.69) is 16.9 Å². The van der Waals surface area contributed by atoms with Crippen LogP contribution in [0.25, 0.3) is 0 Å². The summed E-state index contributed by atoms with van der Waals surface area (Å²) in [6, 6.07) is 6.11. The molecular formula is C12H21N3O. The molecule has 1 aromatic rings. The molecule has 90 valence electrons. The van der Waals surface area contributed by atoms with E-state index in [1.165, 1.54) is 0 Å². The lowest BCUT2D eigenvalue weighted by molar-refractivity contribution is 0.178. The Bertz CT molecular complexity index is 279. The molecule has 0 spiro atoms. The highest BCUT2D eigenvalue weighted by Crippen LogP contribution is 2.00. The van der Waals surface area contributed by atoms with Gasteiger partial charge in [-0.15, -0.1) is 0 Å². The van der Waals surface area contributed by atoms with E-state index >= 15 is 0 Å². The molecule has 0 fully saturated rings. The van der Waals surface area contributed by atoms with Crippen LogP contribution in [0.15, 0.2) is 24.4 Å². The van der Waals surface area contributed by atoms with Gasteiger partial charge in [0.1, 0.15) is 0 Å². The van der Waals surface area contributed by atoms with Crippen molar-refractivity contribution in [1.29, 1.82) is 0 Å². The van der Waals surface area contributed by atoms with Crippen molar-refractivity contribution in [3.05, 3.63) is 30.1 Å². The third-order valence-corrected chi connectivity index (χ3v) is 2.40. The fourth-order valence-electron chi connectivity index (χ4n) is 1.59. The molecule has 16 heavy (non-hydrogen) atoms. The lowest BCUT2D eigenvalue weighted by Gasteiger charge is -2.20. The van der Waals surface area contributed by atoms with E-state index in [0.29, 0.717) is 0 Å². The molecule has 1 rings (SSSR count). The van der Waals surface area contributed by atoms with Crippen LogP contribution in [0, 0.1) is 0 Å². The maximum absolute atomic E-state index is 5.97. The van der Waals surface area contributed by atoms with Gasteiger partial charge in [-0.05, 0) is 25.6 Å². The van der Waals surface area contributed by atoms with Crippen molar-refractivity contribution in [2.75, 3.05) is 27.3 Å². The summed E-state index contributed by atoms with van der Waals surface area (Å²) in [6.07, 6.45) is 2.71. The number of hydrogen-bond acceptors (Lipinski definition) is 4. The minimum Gasteiger partial charge on any atom is -0.385 e.